The standard InChI is InChI=1S/C23H21Cl2N3O3/c1-2-28-8-7-20-18(12-28)22(17-5-3-4-6-19(17)27-20)23(30)31-13-21(29)26-16-10-14(24)9-15(25)11-16/h3-6,9-11H,2,7-8,12-13H2,1H3,(H,26,29). The number of amides is 1. The number of rotatable bonds is 5. The van der Waals surface area contributed by atoms with Crippen LogP contribution in [0.3, 0.4) is 0 Å². The molecule has 0 bridgehead atoms. The first kappa shape index (κ1) is 21.6. The fourth-order valence-electron chi connectivity index (χ4n) is 3.78. The lowest BCUT2D eigenvalue weighted by Gasteiger charge is -2.28. The molecule has 1 aromatic heterocycles. The number of para-hydroxylation sites is 1. The van der Waals surface area contributed by atoms with E-state index in [4.69, 9.17) is 32.9 Å². The summed E-state index contributed by atoms with van der Waals surface area (Å²) >= 11 is 11.9. The van der Waals surface area contributed by atoms with E-state index in [1.54, 1.807) is 18.2 Å². The Bertz CT molecular complexity index is 1150. The van der Waals surface area contributed by atoms with Crippen LogP contribution < -0.4 is 5.32 Å². The molecular weight excluding hydrogens is 437 g/mol. The topological polar surface area (TPSA) is 71.5 Å². The number of pyridine rings is 1. The van der Waals surface area contributed by atoms with Gasteiger partial charge in [-0.2, -0.15) is 0 Å². The second-order valence-electron chi connectivity index (χ2n) is 7.33. The van der Waals surface area contributed by atoms with Crippen molar-refractivity contribution in [2.75, 3.05) is 25.0 Å². The zero-order valence-electron chi connectivity index (χ0n) is 17.0. The molecular formula is C23H21Cl2N3O3. The van der Waals surface area contributed by atoms with E-state index in [2.05, 4.69) is 17.1 Å². The smallest absolute Gasteiger partial charge is 0.339 e. The number of benzene rings is 2. The minimum atomic E-state index is -0.535. The molecule has 160 valence electrons. The van der Waals surface area contributed by atoms with Gasteiger partial charge in [-0.05, 0) is 30.8 Å². The van der Waals surface area contributed by atoms with E-state index in [1.165, 1.54) is 0 Å². The third-order valence-electron chi connectivity index (χ3n) is 5.26. The average molecular weight is 458 g/mol. The molecule has 0 spiro atoms. The highest BCUT2D eigenvalue weighted by Gasteiger charge is 2.26. The van der Waals surface area contributed by atoms with Gasteiger partial charge in [-0.15, -0.1) is 0 Å². The molecule has 0 fully saturated rings. The summed E-state index contributed by atoms with van der Waals surface area (Å²) in [5, 5.41) is 4.17. The van der Waals surface area contributed by atoms with E-state index in [0.29, 0.717) is 27.8 Å². The van der Waals surface area contributed by atoms with Gasteiger partial charge in [-0.1, -0.05) is 48.3 Å². The van der Waals surface area contributed by atoms with Crippen molar-refractivity contribution in [3.63, 3.8) is 0 Å². The average Bonchev–Trinajstić information content (AvgIpc) is 2.74. The summed E-state index contributed by atoms with van der Waals surface area (Å²) in [6, 6.07) is 12.2. The molecule has 31 heavy (non-hydrogen) atoms. The quantitative estimate of drug-likeness (QED) is 0.561. The van der Waals surface area contributed by atoms with Gasteiger partial charge in [0.25, 0.3) is 5.91 Å². The highest BCUT2D eigenvalue weighted by molar-refractivity contribution is 6.35. The summed E-state index contributed by atoms with van der Waals surface area (Å²) in [5.41, 5.74) is 3.45. The maximum Gasteiger partial charge on any atom is 0.339 e. The van der Waals surface area contributed by atoms with Crippen LogP contribution >= 0.6 is 23.2 Å². The lowest BCUT2D eigenvalue weighted by atomic mass is 9.96. The van der Waals surface area contributed by atoms with Crippen LogP contribution in [-0.2, 0) is 22.5 Å². The van der Waals surface area contributed by atoms with E-state index in [1.807, 2.05) is 24.3 Å². The second-order valence-corrected chi connectivity index (χ2v) is 8.20. The molecule has 0 saturated heterocycles. The molecule has 0 atom stereocenters. The number of likely N-dealkylation sites (N-methyl/N-ethyl adjacent to an activating group) is 1. The minimum absolute atomic E-state index is 0.398. The number of carbonyl (C=O) groups excluding carboxylic acids is 2. The van der Waals surface area contributed by atoms with Crippen molar-refractivity contribution in [1.29, 1.82) is 0 Å². The van der Waals surface area contributed by atoms with Gasteiger partial charge in [0, 0.05) is 51.9 Å². The number of halogens is 2. The van der Waals surface area contributed by atoms with E-state index in [9.17, 15) is 9.59 Å². The lowest BCUT2D eigenvalue weighted by Crippen LogP contribution is -2.32. The lowest BCUT2D eigenvalue weighted by molar-refractivity contribution is -0.119. The third-order valence-corrected chi connectivity index (χ3v) is 5.69. The van der Waals surface area contributed by atoms with Crippen molar-refractivity contribution < 1.29 is 14.3 Å². The number of nitrogens with zero attached hydrogens (tertiary/aromatic N) is 2. The fraction of sp³-hybridized carbons (Fsp3) is 0.261. The van der Waals surface area contributed by atoms with Crippen molar-refractivity contribution >= 4 is 51.7 Å². The zero-order chi connectivity index (χ0) is 22.0. The molecule has 2 aromatic carbocycles. The van der Waals surface area contributed by atoms with Gasteiger partial charge < -0.3 is 10.1 Å². The first-order valence-electron chi connectivity index (χ1n) is 10.0. The Hall–Kier alpha value is -2.67. The monoisotopic (exact) mass is 457 g/mol. The van der Waals surface area contributed by atoms with Gasteiger partial charge in [0.05, 0.1) is 11.1 Å². The first-order chi connectivity index (χ1) is 14.9. The molecule has 4 rings (SSSR count). The highest BCUT2D eigenvalue weighted by Crippen LogP contribution is 2.29. The van der Waals surface area contributed by atoms with Gasteiger partial charge >= 0.3 is 5.97 Å². The Balaban J connectivity index is 1.56. The molecule has 3 aromatic rings. The van der Waals surface area contributed by atoms with Crippen molar-refractivity contribution in [2.24, 2.45) is 0 Å². The Morgan fingerprint density at radius 2 is 1.90 bits per heavy atom. The summed E-state index contributed by atoms with van der Waals surface area (Å²) in [5.74, 6) is -1.01. The number of hydrogen-bond acceptors (Lipinski definition) is 5. The van der Waals surface area contributed by atoms with Crippen LogP contribution in [0.4, 0.5) is 5.69 Å². The molecule has 6 nitrogen and oxygen atoms in total. The Kier molecular flexibility index (Phi) is 6.41. The van der Waals surface area contributed by atoms with Crippen molar-refractivity contribution in [1.82, 2.24) is 9.88 Å². The van der Waals surface area contributed by atoms with Crippen LogP contribution in [0.2, 0.25) is 10.0 Å². The van der Waals surface area contributed by atoms with E-state index >= 15 is 0 Å². The molecule has 1 amide bonds. The number of ether oxygens (including phenoxy) is 1. The second kappa shape index (κ2) is 9.22. The van der Waals surface area contributed by atoms with E-state index in [0.717, 1.165) is 41.7 Å². The zero-order valence-corrected chi connectivity index (χ0v) is 18.5. The molecule has 1 N–H and O–H groups in total. The van der Waals surface area contributed by atoms with Gasteiger partial charge in [0.15, 0.2) is 6.61 Å². The number of anilines is 1. The van der Waals surface area contributed by atoms with Crippen LogP contribution in [-0.4, -0.2) is 41.5 Å². The van der Waals surface area contributed by atoms with Crippen molar-refractivity contribution in [3.8, 4) is 0 Å². The summed E-state index contributed by atoms with van der Waals surface area (Å²) in [7, 11) is 0. The van der Waals surface area contributed by atoms with Gasteiger partial charge in [0.1, 0.15) is 0 Å². The predicted octanol–water partition coefficient (Wildman–Crippen LogP) is 4.72. The summed E-state index contributed by atoms with van der Waals surface area (Å²) in [6.45, 7) is 4.07. The highest BCUT2D eigenvalue weighted by atomic mass is 35.5. The number of carbonyl (C=O) groups is 2. The first-order valence-corrected chi connectivity index (χ1v) is 10.8. The van der Waals surface area contributed by atoms with Crippen molar-refractivity contribution in [2.45, 2.75) is 19.9 Å². The summed E-state index contributed by atoms with van der Waals surface area (Å²) in [4.78, 5) is 32.4. The van der Waals surface area contributed by atoms with Crippen molar-refractivity contribution in [3.05, 3.63) is 69.3 Å². The van der Waals surface area contributed by atoms with Crippen LogP contribution in [0, 0.1) is 0 Å². The summed E-state index contributed by atoms with van der Waals surface area (Å²) in [6.07, 6.45) is 0.768. The maximum atomic E-state index is 13.1. The Morgan fingerprint density at radius 3 is 2.65 bits per heavy atom. The molecule has 8 heteroatoms. The fourth-order valence-corrected chi connectivity index (χ4v) is 4.30. The molecule has 1 aliphatic heterocycles. The number of aromatic nitrogens is 1. The van der Waals surface area contributed by atoms with Crippen LogP contribution in [0.1, 0.15) is 28.5 Å². The molecule has 0 saturated carbocycles. The van der Waals surface area contributed by atoms with Crippen LogP contribution in [0.5, 0.6) is 0 Å². The molecule has 1 aliphatic rings. The Labute approximate surface area is 190 Å². The SMILES string of the molecule is CCN1CCc2nc3ccccc3c(C(=O)OCC(=O)Nc3cc(Cl)cc(Cl)c3)c2C1. The number of hydrogen-bond donors (Lipinski definition) is 1. The van der Waals surface area contributed by atoms with Crippen LogP contribution in [0.25, 0.3) is 10.9 Å². The molecule has 0 unspecified atom stereocenters. The van der Waals surface area contributed by atoms with Gasteiger partial charge in [-0.25, -0.2) is 4.79 Å². The molecule has 0 radical (unpaired) electrons. The van der Waals surface area contributed by atoms with Gasteiger partial charge in [0.2, 0.25) is 0 Å². The molecule has 0 aliphatic carbocycles. The largest absolute Gasteiger partial charge is 0.452 e. The van der Waals surface area contributed by atoms with Gasteiger partial charge in [-0.3, -0.25) is 14.7 Å². The maximum absolute atomic E-state index is 13.1. The normalized spacial score (nSPS) is 13.6. The number of esters is 1. The molecule has 2 heterocycles. The Morgan fingerprint density at radius 1 is 1.16 bits per heavy atom. The van der Waals surface area contributed by atoms with E-state index < -0.39 is 18.5 Å². The third kappa shape index (κ3) is 4.82. The predicted molar refractivity (Wildman–Crippen MR) is 122 cm³/mol. The summed E-state index contributed by atoms with van der Waals surface area (Å²) < 4.78 is 5.40. The minimum Gasteiger partial charge on any atom is -0.452 e. The van der Waals surface area contributed by atoms with E-state index in [-0.39, 0.29) is 0 Å². The number of fused-ring (bicyclic) bond motifs is 2. The van der Waals surface area contributed by atoms with Crippen LogP contribution in [0.15, 0.2) is 42.5 Å². The number of nitrogens with one attached hydrogen (secondary N) is 1.